The Morgan fingerprint density at radius 3 is 2.33 bits per heavy atom. The van der Waals surface area contributed by atoms with E-state index in [-0.39, 0.29) is 0 Å². The molecule has 0 saturated carbocycles. The van der Waals surface area contributed by atoms with Crippen molar-refractivity contribution in [1.29, 1.82) is 0 Å². The number of halogens is 1. The first kappa shape index (κ1) is 15.1. The van der Waals surface area contributed by atoms with Crippen LogP contribution in [0, 0.1) is 5.92 Å². The third-order valence-corrected chi connectivity index (χ3v) is 4.93. The van der Waals surface area contributed by atoms with Crippen LogP contribution in [0.25, 0.3) is 0 Å². The van der Waals surface area contributed by atoms with Gasteiger partial charge in [0, 0.05) is 44.3 Å². The van der Waals surface area contributed by atoms with Crippen molar-refractivity contribution < 1.29 is 0 Å². The average Bonchev–Trinajstić information content (AvgIpc) is 2.53. The zero-order valence-corrected chi connectivity index (χ0v) is 13.4. The Labute approximate surface area is 133 Å². The monoisotopic (exact) mass is 304 g/mol. The van der Waals surface area contributed by atoms with Gasteiger partial charge in [0.15, 0.2) is 0 Å². The topological polar surface area (TPSA) is 6.48 Å². The number of rotatable bonds is 4. The van der Waals surface area contributed by atoms with Crippen molar-refractivity contribution in [3.8, 4) is 0 Å². The number of hydrogen-bond acceptors (Lipinski definition) is 2. The van der Waals surface area contributed by atoms with Crippen LogP contribution in [0.5, 0.6) is 0 Å². The van der Waals surface area contributed by atoms with Crippen molar-refractivity contribution in [1.82, 2.24) is 9.80 Å². The van der Waals surface area contributed by atoms with Crippen molar-refractivity contribution in [3.05, 3.63) is 47.0 Å². The molecule has 1 aliphatic heterocycles. The van der Waals surface area contributed by atoms with E-state index in [0.717, 1.165) is 17.5 Å². The SMILES string of the molecule is Clc1ccc(CN2CCN(CC3CC=CCC3)CC2)cc1. The van der Waals surface area contributed by atoms with E-state index in [2.05, 4.69) is 34.1 Å². The maximum atomic E-state index is 5.94. The Kier molecular flexibility index (Phi) is 5.34. The molecule has 1 aromatic carbocycles. The summed E-state index contributed by atoms with van der Waals surface area (Å²) in [7, 11) is 0. The first-order chi connectivity index (χ1) is 10.3. The quantitative estimate of drug-likeness (QED) is 0.780. The van der Waals surface area contributed by atoms with Crippen LogP contribution in [-0.2, 0) is 6.54 Å². The van der Waals surface area contributed by atoms with Crippen LogP contribution >= 0.6 is 11.6 Å². The van der Waals surface area contributed by atoms with Gasteiger partial charge in [-0.15, -0.1) is 0 Å². The van der Waals surface area contributed by atoms with E-state index in [1.54, 1.807) is 0 Å². The first-order valence-corrected chi connectivity index (χ1v) is 8.51. The second kappa shape index (κ2) is 7.44. The molecule has 2 aliphatic rings. The molecule has 3 rings (SSSR count). The summed E-state index contributed by atoms with van der Waals surface area (Å²) in [6, 6.07) is 8.26. The zero-order chi connectivity index (χ0) is 14.5. The molecule has 21 heavy (non-hydrogen) atoms. The highest BCUT2D eigenvalue weighted by molar-refractivity contribution is 6.30. The van der Waals surface area contributed by atoms with Gasteiger partial charge < -0.3 is 4.90 Å². The molecule has 2 nitrogen and oxygen atoms in total. The van der Waals surface area contributed by atoms with Gasteiger partial charge in [-0.05, 0) is 42.9 Å². The third-order valence-electron chi connectivity index (χ3n) is 4.68. The average molecular weight is 305 g/mol. The van der Waals surface area contributed by atoms with Crippen LogP contribution in [0.2, 0.25) is 5.02 Å². The van der Waals surface area contributed by atoms with Crippen LogP contribution in [0.3, 0.4) is 0 Å². The van der Waals surface area contributed by atoms with Crippen molar-refractivity contribution in [2.45, 2.75) is 25.8 Å². The van der Waals surface area contributed by atoms with E-state index in [1.165, 1.54) is 57.5 Å². The molecule has 1 heterocycles. The van der Waals surface area contributed by atoms with Crippen LogP contribution in [0.1, 0.15) is 24.8 Å². The highest BCUT2D eigenvalue weighted by atomic mass is 35.5. The van der Waals surface area contributed by atoms with Gasteiger partial charge >= 0.3 is 0 Å². The maximum absolute atomic E-state index is 5.94. The fraction of sp³-hybridized carbons (Fsp3) is 0.556. The standard InChI is InChI=1S/C18H25ClN2/c19-18-8-6-17(7-9-18)15-21-12-10-20(11-13-21)14-16-4-2-1-3-5-16/h1-2,6-9,16H,3-5,10-15H2. The molecular weight excluding hydrogens is 280 g/mol. The van der Waals surface area contributed by atoms with Gasteiger partial charge in [-0.1, -0.05) is 35.9 Å². The van der Waals surface area contributed by atoms with Gasteiger partial charge in [0.05, 0.1) is 0 Å². The van der Waals surface area contributed by atoms with E-state index in [0.29, 0.717) is 0 Å². The summed E-state index contributed by atoms with van der Waals surface area (Å²) in [5, 5.41) is 0.824. The van der Waals surface area contributed by atoms with Crippen LogP contribution in [-0.4, -0.2) is 42.5 Å². The second-order valence-electron chi connectivity index (χ2n) is 6.35. The molecule has 1 atom stereocenters. The summed E-state index contributed by atoms with van der Waals surface area (Å²) in [5.41, 5.74) is 1.37. The molecule has 1 fully saturated rings. The summed E-state index contributed by atoms with van der Waals surface area (Å²) < 4.78 is 0. The lowest BCUT2D eigenvalue weighted by Crippen LogP contribution is -2.47. The summed E-state index contributed by atoms with van der Waals surface area (Å²) in [4.78, 5) is 5.21. The summed E-state index contributed by atoms with van der Waals surface area (Å²) in [5.74, 6) is 0.887. The van der Waals surface area contributed by atoms with E-state index >= 15 is 0 Å². The van der Waals surface area contributed by atoms with Gasteiger partial charge in [0.1, 0.15) is 0 Å². The summed E-state index contributed by atoms with van der Waals surface area (Å²) in [6.45, 7) is 7.15. The lowest BCUT2D eigenvalue weighted by atomic mass is 9.94. The Morgan fingerprint density at radius 2 is 1.67 bits per heavy atom. The highest BCUT2D eigenvalue weighted by Gasteiger charge is 2.20. The number of piperazine rings is 1. The van der Waals surface area contributed by atoms with Gasteiger partial charge in [-0.2, -0.15) is 0 Å². The molecule has 1 saturated heterocycles. The van der Waals surface area contributed by atoms with Crippen LogP contribution in [0.15, 0.2) is 36.4 Å². The normalized spacial score (nSPS) is 24.3. The smallest absolute Gasteiger partial charge is 0.0406 e. The van der Waals surface area contributed by atoms with Crippen LogP contribution < -0.4 is 0 Å². The molecule has 3 heteroatoms. The Balaban J connectivity index is 1.42. The van der Waals surface area contributed by atoms with Crippen molar-refractivity contribution >= 4 is 11.6 Å². The molecule has 114 valence electrons. The number of nitrogens with zero attached hydrogens (tertiary/aromatic N) is 2. The van der Waals surface area contributed by atoms with Crippen LogP contribution in [0.4, 0.5) is 0 Å². The van der Waals surface area contributed by atoms with Gasteiger partial charge in [-0.25, -0.2) is 0 Å². The zero-order valence-electron chi connectivity index (χ0n) is 12.7. The summed E-state index contributed by atoms with van der Waals surface area (Å²) >= 11 is 5.94. The minimum atomic E-state index is 0.824. The van der Waals surface area contributed by atoms with E-state index in [4.69, 9.17) is 11.6 Å². The minimum absolute atomic E-state index is 0.824. The second-order valence-corrected chi connectivity index (χ2v) is 6.79. The largest absolute Gasteiger partial charge is 0.301 e. The highest BCUT2D eigenvalue weighted by Crippen LogP contribution is 2.20. The first-order valence-electron chi connectivity index (χ1n) is 8.14. The molecule has 0 amide bonds. The molecule has 0 spiro atoms. The summed E-state index contributed by atoms with van der Waals surface area (Å²) in [6.07, 6.45) is 8.64. The number of allylic oxidation sites excluding steroid dienone is 2. The van der Waals surface area contributed by atoms with Crippen molar-refractivity contribution in [2.24, 2.45) is 5.92 Å². The van der Waals surface area contributed by atoms with Crippen molar-refractivity contribution in [2.75, 3.05) is 32.7 Å². The fourth-order valence-electron chi connectivity index (χ4n) is 3.37. The fourth-order valence-corrected chi connectivity index (χ4v) is 3.49. The Bertz CT molecular complexity index is 461. The molecule has 1 aliphatic carbocycles. The molecule has 1 unspecified atom stereocenters. The van der Waals surface area contributed by atoms with Crippen molar-refractivity contribution in [3.63, 3.8) is 0 Å². The van der Waals surface area contributed by atoms with Gasteiger partial charge in [0.2, 0.25) is 0 Å². The third kappa shape index (κ3) is 4.57. The van der Waals surface area contributed by atoms with E-state index < -0.39 is 0 Å². The minimum Gasteiger partial charge on any atom is -0.301 e. The van der Waals surface area contributed by atoms with Gasteiger partial charge in [0.25, 0.3) is 0 Å². The number of benzene rings is 1. The lowest BCUT2D eigenvalue weighted by molar-refractivity contribution is 0.111. The molecular formula is C18H25ClN2. The van der Waals surface area contributed by atoms with Gasteiger partial charge in [-0.3, -0.25) is 4.90 Å². The van der Waals surface area contributed by atoms with E-state index in [1.807, 2.05) is 12.1 Å². The lowest BCUT2D eigenvalue weighted by Gasteiger charge is -2.36. The molecule has 0 N–H and O–H groups in total. The molecule has 0 aromatic heterocycles. The maximum Gasteiger partial charge on any atom is 0.0406 e. The predicted molar refractivity (Wildman–Crippen MR) is 89.7 cm³/mol. The molecule has 0 radical (unpaired) electrons. The van der Waals surface area contributed by atoms with E-state index in [9.17, 15) is 0 Å². The molecule has 1 aromatic rings. The Hall–Kier alpha value is -0.830. The molecule has 0 bridgehead atoms. The number of hydrogen-bond donors (Lipinski definition) is 0. The Morgan fingerprint density at radius 1 is 0.952 bits per heavy atom. The predicted octanol–water partition coefficient (Wildman–Crippen LogP) is 3.81.